The Morgan fingerprint density at radius 1 is 0.973 bits per heavy atom. The number of carbonyl (C=O) groups is 2. The highest BCUT2D eigenvalue weighted by Gasteiger charge is 2.17. The lowest BCUT2D eigenvalue weighted by molar-refractivity contribution is -0.136. The number of benzene rings is 3. The van der Waals surface area contributed by atoms with E-state index in [1.807, 2.05) is 59.3 Å². The Labute approximate surface area is 226 Å². The Hall–Kier alpha value is -3.72. The second kappa shape index (κ2) is 10.7. The maximum absolute atomic E-state index is 12.3. The lowest BCUT2D eigenvalue weighted by Crippen LogP contribution is -2.25. The first-order chi connectivity index (χ1) is 17.9. The smallest absolute Gasteiger partial charge is 0.305 e. The van der Waals surface area contributed by atoms with E-state index in [1.165, 1.54) is 0 Å². The van der Waals surface area contributed by atoms with Gasteiger partial charge in [0.05, 0.1) is 34.6 Å². The Morgan fingerprint density at radius 3 is 2.41 bits per heavy atom. The molecule has 10 heteroatoms. The van der Waals surface area contributed by atoms with E-state index in [0.29, 0.717) is 27.8 Å². The zero-order chi connectivity index (χ0) is 25.9. The van der Waals surface area contributed by atoms with E-state index >= 15 is 0 Å². The Morgan fingerprint density at radius 2 is 1.70 bits per heavy atom. The van der Waals surface area contributed by atoms with E-state index in [4.69, 9.17) is 38.4 Å². The molecule has 0 unspecified atom stereocenters. The SMILES string of the molecule is O=C(O)CCNC(=O)c1ccc(Cn2nc(-c3cc(Cl)cc(Cl)c3)cc2-c2nc3ccccc3s2)cc1. The van der Waals surface area contributed by atoms with Gasteiger partial charge in [0.2, 0.25) is 0 Å². The summed E-state index contributed by atoms with van der Waals surface area (Å²) in [6, 6.07) is 22.4. The van der Waals surface area contributed by atoms with Crippen molar-refractivity contribution in [3.8, 4) is 22.0 Å². The van der Waals surface area contributed by atoms with Crippen LogP contribution >= 0.6 is 34.5 Å². The average Bonchev–Trinajstić information content (AvgIpc) is 3.48. The number of fused-ring (bicyclic) bond motifs is 1. The van der Waals surface area contributed by atoms with E-state index in [9.17, 15) is 9.59 Å². The third kappa shape index (κ3) is 5.83. The molecule has 0 spiro atoms. The number of nitrogens with one attached hydrogen (secondary N) is 1. The van der Waals surface area contributed by atoms with Crippen LogP contribution in [0.3, 0.4) is 0 Å². The lowest BCUT2D eigenvalue weighted by Gasteiger charge is -2.08. The summed E-state index contributed by atoms with van der Waals surface area (Å²) in [4.78, 5) is 27.8. The van der Waals surface area contributed by atoms with Crippen LogP contribution in [0.5, 0.6) is 0 Å². The average molecular weight is 551 g/mol. The minimum atomic E-state index is -0.960. The summed E-state index contributed by atoms with van der Waals surface area (Å²) >= 11 is 14.1. The van der Waals surface area contributed by atoms with E-state index in [2.05, 4.69) is 5.32 Å². The van der Waals surface area contributed by atoms with Crippen molar-refractivity contribution >= 4 is 56.6 Å². The van der Waals surface area contributed by atoms with Crippen LogP contribution in [-0.4, -0.2) is 38.3 Å². The summed E-state index contributed by atoms with van der Waals surface area (Å²) < 4.78 is 2.96. The van der Waals surface area contributed by atoms with Crippen LogP contribution in [0.25, 0.3) is 32.2 Å². The molecular formula is C27H20Cl2N4O3S. The van der Waals surface area contributed by atoms with Gasteiger partial charge in [0.1, 0.15) is 5.01 Å². The highest BCUT2D eigenvalue weighted by Crippen LogP contribution is 2.34. The highest BCUT2D eigenvalue weighted by atomic mass is 35.5. The number of rotatable bonds is 8. The predicted octanol–water partition coefficient (Wildman–Crippen LogP) is 6.39. The topological polar surface area (TPSA) is 97.1 Å². The van der Waals surface area contributed by atoms with Crippen molar-refractivity contribution < 1.29 is 14.7 Å². The first-order valence-electron chi connectivity index (χ1n) is 11.3. The van der Waals surface area contributed by atoms with Gasteiger partial charge in [-0.3, -0.25) is 14.3 Å². The van der Waals surface area contributed by atoms with Crippen LogP contribution in [0.1, 0.15) is 22.3 Å². The zero-order valence-electron chi connectivity index (χ0n) is 19.3. The number of halogens is 2. The molecule has 1 amide bonds. The molecule has 0 atom stereocenters. The number of thiazole rings is 1. The molecule has 0 aliphatic carbocycles. The van der Waals surface area contributed by atoms with Crippen molar-refractivity contribution in [2.75, 3.05) is 6.54 Å². The minimum Gasteiger partial charge on any atom is -0.481 e. The molecule has 0 aliphatic rings. The molecule has 0 fully saturated rings. The minimum absolute atomic E-state index is 0.0744. The normalized spacial score (nSPS) is 11.1. The number of carboxylic acid groups (broad SMARTS) is 1. The highest BCUT2D eigenvalue weighted by molar-refractivity contribution is 7.21. The number of amides is 1. The fourth-order valence-corrected chi connectivity index (χ4v) is 5.37. The molecule has 2 aromatic heterocycles. The molecule has 5 rings (SSSR count). The van der Waals surface area contributed by atoms with Crippen molar-refractivity contribution in [3.05, 3.63) is 94.0 Å². The molecule has 2 N–H and O–H groups in total. The van der Waals surface area contributed by atoms with Gasteiger partial charge in [-0.05, 0) is 54.1 Å². The maximum atomic E-state index is 12.3. The van der Waals surface area contributed by atoms with Crippen molar-refractivity contribution in [2.45, 2.75) is 13.0 Å². The number of para-hydroxylation sites is 1. The molecular weight excluding hydrogens is 531 g/mol. The number of aliphatic carboxylic acids is 1. The molecule has 3 aromatic carbocycles. The quantitative estimate of drug-likeness (QED) is 0.233. The second-order valence-electron chi connectivity index (χ2n) is 8.31. The van der Waals surface area contributed by atoms with Gasteiger partial charge in [0.15, 0.2) is 0 Å². The summed E-state index contributed by atoms with van der Waals surface area (Å²) in [5.41, 5.74) is 4.67. The number of hydrogen-bond donors (Lipinski definition) is 2. The molecule has 2 heterocycles. The van der Waals surface area contributed by atoms with Crippen molar-refractivity contribution in [1.29, 1.82) is 0 Å². The molecule has 0 saturated carbocycles. The zero-order valence-corrected chi connectivity index (χ0v) is 21.6. The predicted molar refractivity (Wildman–Crippen MR) is 146 cm³/mol. The van der Waals surface area contributed by atoms with Gasteiger partial charge >= 0.3 is 5.97 Å². The van der Waals surface area contributed by atoms with Crippen molar-refractivity contribution in [3.63, 3.8) is 0 Å². The number of hydrogen-bond acceptors (Lipinski definition) is 5. The first-order valence-corrected chi connectivity index (χ1v) is 12.9. The van der Waals surface area contributed by atoms with Crippen LogP contribution in [0.4, 0.5) is 0 Å². The number of nitrogens with zero attached hydrogens (tertiary/aromatic N) is 3. The van der Waals surface area contributed by atoms with Crippen LogP contribution in [0.2, 0.25) is 10.0 Å². The van der Waals surface area contributed by atoms with Crippen LogP contribution < -0.4 is 5.32 Å². The Kier molecular flexibility index (Phi) is 7.23. The van der Waals surface area contributed by atoms with Crippen molar-refractivity contribution in [1.82, 2.24) is 20.1 Å². The molecule has 0 bridgehead atoms. The molecule has 37 heavy (non-hydrogen) atoms. The maximum Gasteiger partial charge on any atom is 0.305 e. The summed E-state index contributed by atoms with van der Waals surface area (Å²) in [6.07, 6.45) is -0.127. The van der Waals surface area contributed by atoms with E-state index in [0.717, 1.165) is 32.0 Å². The largest absolute Gasteiger partial charge is 0.481 e. The molecule has 0 radical (unpaired) electrons. The van der Waals surface area contributed by atoms with Crippen LogP contribution in [0.15, 0.2) is 72.8 Å². The number of carboxylic acids is 1. The van der Waals surface area contributed by atoms with Crippen molar-refractivity contribution in [2.24, 2.45) is 0 Å². The molecule has 186 valence electrons. The van der Waals surface area contributed by atoms with Gasteiger partial charge in [-0.1, -0.05) is 47.5 Å². The Bertz CT molecular complexity index is 1560. The third-order valence-corrected chi connectivity index (χ3v) is 7.12. The summed E-state index contributed by atoms with van der Waals surface area (Å²) in [5, 5.41) is 18.1. The monoisotopic (exact) mass is 550 g/mol. The number of carbonyl (C=O) groups excluding carboxylic acids is 1. The molecule has 0 aliphatic heterocycles. The van der Waals surface area contributed by atoms with Gasteiger partial charge in [0, 0.05) is 27.7 Å². The van der Waals surface area contributed by atoms with Gasteiger partial charge in [-0.2, -0.15) is 5.10 Å². The van der Waals surface area contributed by atoms with E-state index < -0.39 is 5.97 Å². The van der Waals surface area contributed by atoms with Gasteiger partial charge in [0.25, 0.3) is 5.91 Å². The van der Waals surface area contributed by atoms with E-state index in [1.54, 1.807) is 29.5 Å². The standard InChI is InChI=1S/C27H20Cl2N4O3S/c28-19-11-18(12-20(29)13-19)22-14-23(27-31-21-3-1-2-4-24(21)37-27)33(32-22)15-16-5-7-17(8-6-16)26(36)30-10-9-25(34)35/h1-8,11-14H,9-10,15H2,(H,30,36)(H,34,35). The van der Waals surface area contributed by atoms with Crippen LogP contribution in [-0.2, 0) is 11.3 Å². The second-order valence-corrected chi connectivity index (χ2v) is 10.2. The summed E-state index contributed by atoms with van der Waals surface area (Å²) in [7, 11) is 0. The first kappa shape index (κ1) is 25.0. The molecule has 7 nitrogen and oxygen atoms in total. The third-order valence-electron chi connectivity index (χ3n) is 5.62. The summed E-state index contributed by atoms with van der Waals surface area (Å²) in [6.45, 7) is 0.519. The Balaban J connectivity index is 1.46. The fraction of sp³-hybridized carbons (Fsp3) is 0.111. The van der Waals surface area contributed by atoms with Gasteiger partial charge in [-0.25, -0.2) is 4.98 Å². The molecule has 5 aromatic rings. The van der Waals surface area contributed by atoms with Gasteiger partial charge < -0.3 is 10.4 Å². The molecule has 0 saturated heterocycles. The fourth-order valence-electron chi connectivity index (χ4n) is 3.85. The summed E-state index contributed by atoms with van der Waals surface area (Å²) in [5.74, 6) is -1.28. The van der Waals surface area contributed by atoms with E-state index in [-0.39, 0.29) is 18.9 Å². The lowest BCUT2D eigenvalue weighted by atomic mass is 10.1. The number of aromatic nitrogens is 3. The van der Waals surface area contributed by atoms with Gasteiger partial charge in [-0.15, -0.1) is 11.3 Å². The van der Waals surface area contributed by atoms with Crippen LogP contribution in [0, 0.1) is 0 Å².